The number of furan rings is 2. The van der Waals surface area contributed by atoms with Gasteiger partial charge in [0.2, 0.25) is 5.91 Å². The summed E-state index contributed by atoms with van der Waals surface area (Å²) in [7, 11) is 0. The van der Waals surface area contributed by atoms with Gasteiger partial charge >= 0.3 is 0 Å². The highest BCUT2D eigenvalue weighted by Crippen LogP contribution is 2.23. The smallest absolute Gasteiger partial charge is 0.291 e. The van der Waals surface area contributed by atoms with E-state index in [4.69, 9.17) is 8.83 Å². The van der Waals surface area contributed by atoms with Crippen LogP contribution in [0.2, 0.25) is 0 Å². The van der Waals surface area contributed by atoms with Gasteiger partial charge in [-0.2, -0.15) is 0 Å². The largest absolute Gasteiger partial charge is 0.464 e. The molecule has 0 aliphatic rings. The number of anilines is 2. The SMILES string of the molecule is Cc1ccc2c(CC(=O)Nc3cccc(NC(=O)c4ccco4)c3)coc2c1. The van der Waals surface area contributed by atoms with Gasteiger partial charge < -0.3 is 19.5 Å². The van der Waals surface area contributed by atoms with E-state index >= 15 is 0 Å². The van der Waals surface area contributed by atoms with E-state index < -0.39 is 0 Å². The van der Waals surface area contributed by atoms with Gasteiger partial charge in [0.25, 0.3) is 5.91 Å². The first kappa shape index (κ1) is 17.6. The monoisotopic (exact) mass is 374 g/mol. The fourth-order valence-corrected chi connectivity index (χ4v) is 2.98. The first-order chi connectivity index (χ1) is 13.6. The Morgan fingerprint density at radius 3 is 2.54 bits per heavy atom. The molecule has 4 rings (SSSR count). The van der Waals surface area contributed by atoms with Crippen molar-refractivity contribution in [2.45, 2.75) is 13.3 Å². The summed E-state index contributed by atoms with van der Waals surface area (Å²) in [5.74, 6) is -0.303. The van der Waals surface area contributed by atoms with Gasteiger partial charge in [-0.3, -0.25) is 9.59 Å². The van der Waals surface area contributed by atoms with Crippen LogP contribution in [0.4, 0.5) is 11.4 Å². The lowest BCUT2D eigenvalue weighted by molar-refractivity contribution is -0.115. The standard InChI is InChI=1S/C22H18N2O4/c1-14-7-8-18-15(13-28-20(18)10-14)11-21(25)23-16-4-2-5-17(12-16)24-22(26)19-6-3-9-27-19/h2-10,12-13H,11H2,1H3,(H,23,25)(H,24,26). The van der Waals surface area contributed by atoms with E-state index in [1.807, 2.05) is 25.1 Å². The van der Waals surface area contributed by atoms with Gasteiger partial charge in [0, 0.05) is 22.3 Å². The molecule has 0 unspecified atom stereocenters. The van der Waals surface area contributed by atoms with Gasteiger partial charge in [0.15, 0.2) is 5.76 Å². The van der Waals surface area contributed by atoms with E-state index in [-0.39, 0.29) is 24.0 Å². The number of nitrogens with one attached hydrogen (secondary N) is 2. The molecule has 0 saturated heterocycles. The third-order valence-electron chi connectivity index (χ3n) is 4.31. The van der Waals surface area contributed by atoms with Crippen LogP contribution in [0.5, 0.6) is 0 Å². The van der Waals surface area contributed by atoms with Gasteiger partial charge in [-0.15, -0.1) is 0 Å². The highest BCUT2D eigenvalue weighted by molar-refractivity contribution is 6.03. The minimum absolute atomic E-state index is 0.169. The summed E-state index contributed by atoms with van der Waals surface area (Å²) in [6.07, 6.45) is 3.25. The summed E-state index contributed by atoms with van der Waals surface area (Å²) >= 11 is 0. The molecule has 0 spiro atoms. The van der Waals surface area contributed by atoms with Crippen molar-refractivity contribution in [3.63, 3.8) is 0 Å². The van der Waals surface area contributed by atoms with Crippen LogP contribution < -0.4 is 10.6 Å². The quantitative estimate of drug-likeness (QED) is 0.527. The lowest BCUT2D eigenvalue weighted by atomic mass is 10.1. The zero-order valence-electron chi connectivity index (χ0n) is 15.2. The average molecular weight is 374 g/mol. The maximum absolute atomic E-state index is 12.5. The lowest BCUT2D eigenvalue weighted by Crippen LogP contribution is -2.15. The van der Waals surface area contributed by atoms with Gasteiger partial charge in [0.1, 0.15) is 5.58 Å². The third-order valence-corrected chi connectivity index (χ3v) is 4.31. The Labute approximate surface area is 161 Å². The van der Waals surface area contributed by atoms with Gasteiger partial charge in [-0.25, -0.2) is 0 Å². The van der Waals surface area contributed by atoms with Gasteiger partial charge in [-0.1, -0.05) is 18.2 Å². The van der Waals surface area contributed by atoms with Crippen LogP contribution in [0.1, 0.15) is 21.7 Å². The van der Waals surface area contributed by atoms with Crippen LogP contribution in [0.15, 0.2) is 76.0 Å². The number of hydrogen-bond donors (Lipinski definition) is 2. The predicted octanol–water partition coefficient (Wildman–Crippen LogP) is 4.77. The highest BCUT2D eigenvalue weighted by Gasteiger charge is 2.12. The van der Waals surface area contributed by atoms with Crippen LogP contribution >= 0.6 is 0 Å². The number of carbonyl (C=O) groups excluding carboxylic acids is 2. The number of amides is 2. The summed E-state index contributed by atoms with van der Waals surface area (Å²) in [6, 6.07) is 16.1. The molecule has 2 heterocycles. The molecule has 6 nitrogen and oxygen atoms in total. The summed E-state index contributed by atoms with van der Waals surface area (Å²) in [6.45, 7) is 1.99. The van der Waals surface area contributed by atoms with Gasteiger partial charge in [0.05, 0.1) is 18.9 Å². The van der Waals surface area contributed by atoms with Crippen molar-refractivity contribution in [1.29, 1.82) is 0 Å². The Morgan fingerprint density at radius 1 is 0.929 bits per heavy atom. The second kappa shape index (κ2) is 7.44. The maximum atomic E-state index is 12.5. The Hall–Kier alpha value is -3.80. The molecule has 140 valence electrons. The van der Waals surface area contributed by atoms with Crippen molar-refractivity contribution < 1.29 is 18.4 Å². The third kappa shape index (κ3) is 3.81. The van der Waals surface area contributed by atoms with Gasteiger partial charge in [-0.05, 0) is 48.9 Å². The molecule has 2 aromatic heterocycles. The number of aryl methyl sites for hydroxylation is 1. The zero-order chi connectivity index (χ0) is 19.5. The number of benzene rings is 2. The van der Waals surface area contributed by atoms with Crippen LogP contribution in [0.3, 0.4) is 0 Å². The molecule has 2 amide bonds. The predicted molar refractivity (Wildman–Crippen MR) is 106 cm³/mol. The van der Waals surface area contributed by atoms with Crippen molar-refractivity contribution >= 4 is 34.2 Å². The van der Waals surface area contributed by atoms with Crippen LogP contribution in [0, 0.1) is 6.92 Å². The summed E-state index contributed by atoms with van der Waals surface area (Å²) in [5.41, 5.74) is 3.85. The zero-order valence-corrected chi connectivity index (χ0v) is 15.2. The molecule has 0 aliphatic carbocycles. The summed E-state index contributed by atoms with van der Waals surface area (Å²) in [5, 5.41) is 6.51. The summed E-state index contributed by atoms with van der Waals surface area (Å²) < 4.78 is 10.6. The lowest BCUT2D eigenvalue weighted by Gasteiger charge is -2.08. The van der Waals surface area contributed by atoms with E-state index in [1.165, 1.54) is 6.26 Å². The van der Waals surface area contributed by atoms with Crippen molar-refractivity contribution in [2.75, 3.05) is 10.6 Å². The van der Waals surface area contributed by atoms with Crippen LogP contribution in [-0.4, -0.2) is 11.8 Å². The Morgan fingerprint density at radius 2 is 1.75 bits per heavy atom. The topological polar surface area (TPSA) is 84.5 Å². The van der Waals surface area contributed by atoms with E-state index in [0.29, 0.717) is 11.4 Å². The Bertz CT molecular complexity index is 1140. The molecule has 0 aliphatic heterocycles. The van der Waals surface area contributed by atoms with E-state index in [2.05, 4.69) is 10.6 Å². The van der Waals surface area contributed by atoms with Crippen LogP contribution in [0.25, 0.3) is 11.0 Å². The summed E-state index contributed by atoms with van der Waals surface area (Å²) in [4.78, 5) is 24.5. The molecule has 0 bridgehead atoms. The maximum Gasteiger partial charge on any atom is 0.291 e. The molecular formula is C22H18N2O4. The number of rotatable bonds is 5. The molecule has 0 saturated carbocycles. The molecule has 4 aromatic rings. The molecule has 2 aromatic carbocycles. The normalized spacial score (nSPS) is 10.8. The van der Waals surface area contributed by atoms with Crippen molar-refractivity contribution in [1.82, 2.24) is 0 Å². The minimum atomic E-state index is -0.353. The molecule has 0 fully saturated rings. The number of fused-ring (bicyclic) bond motifs is 1. The molecular weight excluding hydrogens is 356 g/mol. The molecule has 6 heteroatoms. The van der Waals surface area contributed by atoms with Crippen molar-refractivity contribution in [3.05, 3.63) is 84.0 Å². The van der Waals surface area contributed by atoms with Crippen molar-refractivity contribution in [2.24, 2.45) is 0 Å². The fraction of sp³-hybridized carbons (Fsp3) is 0.0909. The number of carbonyl (C=O) groups is 2. The van der Waals surface area contributed by atoms with E-state index in [0.717, 1.165) is 22.1 Å². The van der Waals surface area contributed by atoms with Crippen molar-refractivity contribution in [3.8, 4) is 0 Å². The second-order valence-electron chi connectivity index (χ2n) is 6.50. The van der Waals surface area contributed by atoms with E-state index in [9.17, 15) is 9.59 Å². The van der Waals surface area contributed by atoms with Crippen LogP contribution in [-0.2, 0) is 11.2 Å². The molecule has 0 radical (unpaired) electrons. The molecule has 0 atom stereocenters. The molecule has 28 heavy (non-hydrogen) atoms. The second-order valence-corrected chi connectivity index (χ2v) is 6.50. The Balaban J connectivity index is 1.43. The Kier molecular flexibility index (Phi) is 4.68. The average Bonchev–Trinajstić information content (AvgIpc) is 3.32. The van der Waals surface area contributed by atoms with E-state index in [1.54, 1.807) is 42.7 Å². The highest BCUT2D eigenvalue weighted by atomic mass is 16.3. The molecule has 2 N–H and O–H groups in total. The first-order valence-electron chi connectivity index (χ1n) is 8.80. The first-order valence-corrected chi connectivity index (χ1v) is 8.80. The fourth-order valence-electron chi connectivity index (χ4n) is 2.98. The minimum Gasteiger partial charge on any atom is -0.464 e. The number of hydrogen-bond acceptors (Lipinski definition) is 4.